The lowest BCUT2D eigenvalue weighted by Crippen LogP contribution is -1.98. The first-order valence-electron chi connectivity index (χ1n) is 9.44. The minimum Gasteiger partial charge on any atom is -0.0840 e. The quantitative estimate of drug-likeness (QED) is 0.331. The van der Waals surface area contributed by atoms with Crippen LogP contribution in [0.3, 0.4) is 0 Å². The average Bonchev–Trinajstić information content (AvgIpc) is 2.79. The molecular weight excluding hydrogens is 360 g/mol. The van der Waals surface area contributed by atoms with Gasteiger partial charge in [-0.3, -0.25) is 0 Å². The van der Waals surface area contributed by atoms with Crippen LogP contribution in [0.2, 0.25) is 0 Å². The highest BCUT2D eigenvalue weighted by Gasteiger charge is 2.13. The summed E-state index contributed by atoms with van der Waals surface area (Å²) >= 11 is 6.69. The van der Waals surface area contributed by atoms with E-state index >= 15 is 0 Å². The van der Waals surface area contributed by atoms with E-state index in [0.29, 0.717) is 0 Å². The van der Waals surface area contributed by atoms with Crippen LogP contribution in [0.4, 0.5) is 0 Å². The highest BCUT2D eigenvalue weighted by molar-refractivity contribution is 6.48. The van der Waals surface area contributed by atoms with Gasteiger partial charge in [0.1, 0.15) is 0 Å². The summed E-state index contributed by atoms with van der Waals surface area (Å²) < 4.78 is 0. The fraction of sp³-hybridized carbons (Fsp3) is 0.0370. The van der Waals surface area contributed by atoms with Crippen LogP contribution in [0.1, 0.15) is 22.6 Å². The molecule has 4 aromatic carbocycles. The second-order valence-corrected chi connectivity index (χ2v) is 7.16. The molecule has 0 saturated heterocycles. The SMILES string of the molecule is ClC(=CC(c1ccccc1)c1ccc(-c2ccccc2)cc1)c1ccccc1. The molecule has 0 aromatic heterocycles. The van der Waals surface area contributed by atoms with Crippen LogP contribution in [-0.4, -0.2) is 0 Å². The third-order valence-electron chi connectivity index (χ3n) is 4.90. The van der Waals surface area contributed by atoms with Gasteiger partial charge in [-0.1, -0.05) is 133 Å². The van der Waals surface area contributed by atoms with Gasteiger partial charge in [0, 0.05) is 11.0 Å². The summed E-state index contributed by atoms with van der Waals surface area (Å²) in [6, 6.07) is 39.8. The molecule has 0 radical (unpaired) electrons. The van der Waals surface area contributed by atoms with Gasteiger partial charge in [0.05, 0.1) is 0 Å². The number of benzene rings is 4. The Labute approximate surface area is 171 Å². The van der Waals surface area contributed by atoms with Crippen molar-refractivity contribution in [1.82, 2.24) is 0 Å². The molecule has 0 amide bonds. The molecule has 0 aliphatic heterocycles. The first-order valence-corrected chi connectivity index (χ1v) is 9.82. The second kappa shape index (κ2) is 8.73. The summed E-state index contributed by atoms with van der Waals surface area (Å²) in [6.45, 7) is 0. The summed E-state index contributed by atoms with van der Waals surface area (Å²) in [5, 5.41) is 0.765. The van der Waals surface area contributed by atoms with Crippen LogP contribution in [0.5, 0.6) is 0 Å². The Morgan fingerprint density at radius 3 is 1.61 bits per heavy atom. The van der Waals surface area contributed by atoms with E-state index in [1.165, 1.54) is 22.3 Å². The zero-order valence-electron chi connectivity index (χ0n) is 15.5. The first-order chi connectivity index (χ1) is 13.8. The minimum atomic E-state index is 0.0960. The van der Waals surface area contributed by atoms with Crippen molar-refractivity contribution in [1.29, 1.82) is 0 Å². The van der Waals surface area contributed by atoms with Crippen LogP contribution >= 0.6 is 11.6 Å². The zero-order chi connectivity index (χ0) is 19.2. The van der Waals surface area contributed by atoms with Crippen molar-refractivity contribution in [3.63, 3.8) is 0 Å². The number of allylic oxidation sites excluding steroid dienone is 1. The van der Waals surface area contributed by atoms with Crippen molar-refractivity contribution in [2.24, 2.45) is 0 Å². The fourth-order valence-electron chi connectivity index (χ4n) is 3.40. The Morgan fingerprint density at radius 1 is 0.536 bits per heavy atom. The summed E-state index contributed by atoms with van der Waals surface area (Å²) in [4.78, 5) is 0. The highest BCUT2D eigenvalue weighted by Crippen LogP contribution is 2.32. The monoisotopic (exact) mass is 380 g/mol. The van der Waals surface area contributed by atoms with Gasteiger partial charge in [0.25, 0.3) is 0 Å². The first kappa shape index (κ1) is 18.3. The Balaban J connectivity index is 1.72. The van der Waals surface area contributed by atoms with Crippen molar-refractivity contribution >= 4 is 16.6 Å². The molecule has 136 valence electrons. The van der Waals surface area contributed by atoms with Gasteiger partial charge in [-0.2, -0.15) is 0 Å². The molecular formula is C27H21Cl. The molecule has 0 saturated carbocycles. The predicted octanol–water partition coefficient (Wildman–Crippen LogP) is 7.77. The van der Waals surface area contributed by atoms with E-state index in [2.05, 4.69) is 78.9 Å². The van der Waals surface area contributed by atoms with Crippen LogP contribution in [0, 0.1) is 0 Å². The summed E-state index contributed by atoms with van der Waals surface area (Å²) in [7, 11) is 0. The topological polar surface area (TPSA) is 0 Å². The fourth-order valence-corrected chi connectivity index (χ4v) is 3.65. The molecule has 0 N–H and O–H groups in total. The van der Waals surface area contributed by atoms with E-state index in [1.54, 1.807) is 0 Å². The van der Waals surface area contributed by atoms with Crippen molar-refractivity contribution in [2.45, 2.75) is 5.92 Å². The Kier molecular flexibility index (Phi) is 5.70. The van der Waals surface area contributed by atoms with E-state index in [-0.39, 0.29) is 5.92 Å². The van der Waals surface area contributed by atoms with Crippen molar-refractivity contribution in [3.8, 4) is 11.1 Å². The number of hydrogen-bond donors (Lipinski definition) is 0. The summed E-state index contributed by atoms with van der Waals surface area (Å²) in [5.74, 6) is 0.0960. The van der Waals surface area contributed by atoms with Gasteiger partial charge in [-0.25, -0.2) is 0 Å². The largest absolute Gasteiger partial charge is 0.0840 e. The molecule has 1 unspecified atom stereocenters. The summed E-state index contributed by atoms with van der Waals surface area (Å²) in [6.07, 6.45) is 2.14. The normalized spacial score (nSPS) is 12.5. The molecule has 28 heavy (non-hydrogen) atoms. The zero-order valence-corrected chi connectivity index (χ0v) is 16.3. The van der Waals surface area contributed by atoms with E-state index in [1.807, 2.05) is 42.5 Å². The van der Waals surface area contributed by atoms with Gasteiger partial charge >= 0.3 is 0 Å². The molecule has 0 fully saturated rings. The lowest BCUT2D eigenvalue weighted by Gasteiger charge is -2.16. The molecule has 0 heterocycles. The Bertz CT molecular complexity index is 1030. The number of halogens is 1. The molecule has 1 atom stereocenters. The lowest BCUT2D eigenvalue weighted by atomic mass is 9.89. The molecule has 0 bridgehead atoms. The third kappa shape index (κ3) is 4.24. The lowest BCUT2D eigenvalue weighted by molar-refractivity contribution is 1.03. The van der Waals surface area contributed by atoms with Gasteiger partial charge in [0.15, 0.2) is 0 Å². The minimum absolute atomic E-state index is 0.0960. The molecule has 4 rings (SSSR count). The van der Waals surface area contributed by atoms with Crippen LogP contribution in [0.15, 0.2) is 121 Å². The van der Waals surface area contributed by atoms with Crippen LogP contribution in [0.25, 0.3) is 16.2 Å². The van der Waals surface area contributed by atoms with E-state index in [9.17, 15) is 0 Å². The van der Waals surface area contributed by atoms with Crippen molar-refractivity contribution in [3.05, 3.63) is 138 Å². The number of hydrogen-bond acceptors (Lipinski definition) is 0. The molecule has 0 aliphatic carbocycles. The highest BCUT2D eigenvalue weighted by atomic mass is 35.5. The van der Waals surface area contributed by atoms with Crippen LogP contribution in [-0.2, 0) is 0 Å². The number of rotatable bonds is 5. The maximum Gasteiger partial charge on any atom is 0.0448 e. The molecule has 0 nitrogen and oxygen atoms in total. The van der Waals surface area contributed by atoms with Gasteiger partial charge in [-0.15, -0.1) is 0 Å². The maximum absolute atomic E-state index is 6.69. The van der Waals surface area contributed by atoms with Gasteiger partial charge in [-0.05, 0) is 27.8 Å². The third-order valence-corrected chi connectivity index (χ3v) is 5.24. The predicted molar refractivity (Wildman–Crippen MR) is 120 cm³/mol. The average molecular weight is 381 g/mol. The Hall–Kier alpha value is -3.09. The standard InChI is InChI=1S/C27H21Cl/c28-27(25-14-8-3-9-15-25)20-26(23-12-6-2-7-13-23)24-18-16-22(17-19-24)21-10-4-1-5-11-21/h1-20,26H. The van der Waals surface area contributed by atoms with E-state index in [4.69, 9.17) is 11.6 Å². The molecule has 0 spiro atoms. The molecule has 0 aliphatic rings. The van der Waals surface area contributed by atoms with Gasteiger partial charge < -0.3 is 0 Å². The molecule has 1 heteroatoms. The van der Waals surface area contributed by atoms with Crippen molar-refractivity contribution < 1.29 is 0 Å². The molecule has 4 aromatic rings. The van der Waals surface area contributed by atoms with E-state index < -0.39 is 0 Å². The van der Waals surface area contributed by atoms with E-state index in [0.717, 1.165) is 10.6 Å². The maximum atomic E-state index is 6.69. The van der Waals surface area contributed by atoms with Crippen molar-refractivity contribution in [2.75, 3.05) is 0 Å². The van der Waals surface area contributed by atoms with Gasteiger partial charge in [0.2, 0.25) is 0 Å². The smallest absolute Gasteiger partial charge is 0.0448 e. The van der Waals surface area contributed by atoms with Crippen LogP contribution < -0.4 is 0 Å². The summed E-state index contributed by atoms with van der Waals surface area (Å²) in [5.41, 5.74) is 5.92. The Morgan fingerprint density at radius 2 is 1.00 bits per heavy atom. The second-order valence-electron chi connectivity index (χ2n) is 6.76.